The Morgan fingerprint density at radius 1 is 1.45 bits per heavy atom. The summed E-state index contributed by atoms with van der Waals surface area (Å²) in [6.07, 6.45) is 2.12. The molecule has 1 aromatic rings. The first-order valence-electron chi connectivity index (χ1n) is 7.39. The molecule has 2 rings (SSSR count). The monoisotopic (exact) mass is 282 g/mol. The van der Waals surface area contributed by atoms with Crippen molar-refractivity contribution in [2.45, 2.75) is 38.8 Å². The molecule has 0 aromatic carbocycles. The first-order chi connectivity index (χ1) is 9.76. The van der Waals surface area contributed by atoms with Crippen LogP contribution in [0.15, 0.2) is 0 Å². The number of methoxy groups -OCH3 is 1. The van der Waals surface area contributed by atoms with Gasteiger partial charge < -0.3 is 14.8 Å². The number of nitrogens with one attached hydrogen (secondary N) is 1. The van der Waals surface area contributed by atoms with E-state index in [1.54, 1.807) is 7.11 Å². The SMILES string of the molecule is CNCc1nnn(CC(C)COC)c1C1CCOCC1. The second-order valence-electron chi connectivity index (χ2n) is 5.58. The van der Waals surface area contributed by atoms with E-state index in [1.165, 1.54) is 5.69 Å². The fourth-order valence-electron chi connectivity index (χ4n) is 2.83. The van der Waals surface area contributed by atoms with Gasteiger partial charge in [0, 0.05) is 39.3 Å². The quantitative estimate of drug-likeness (QED) is 0.813. The summed E-state index contributed by atoms with van der Waals surface area (Å²) in [6.45, 7) is 6.22. The topological polar surface area (TPSA) is 61.2 Å². The van der Waals surface area contributed by atoms with E-state index in [0.717, 1.165) is 51.4 Å². The molecule has 0 bridgehead atoms. The van der Waals surface area contributed by atoms with Gasteiger partial charge in [0.15, 0.2) is 0 Å². The molecule has 1 aliphatic heterocycles. The lowest BCUT2D eigenvalue weighted by Gasteiger charge is -2.24. The molecule has 0 saturated carbocycles. The van der Waals surface area contributed by atoms with Gasteiger partial charge in [0.2, 0.25) is 0 Å². The van der Waals surface area contributed by atoms with Crippen molar-refractivity contribution in [1.29, 1.82) is 0 Å². The fourth-order valence-corrected chi connectivity index (χ4v) is 2.83. The average Bonchev–Trinajstić information content (AvgIpc) is 2.83. The molecule has 0 radical (unpaired) electrons. The minimum Gasteiger partial charge on any atom is -0.384 e. The van der Waals surface area contributed by atoms with Gasteiger partial charge in [-0.2, -0.15) is 0 Å². The van der Waals surface area contributed by atoms with Crippen LogP contribution in [0.1, 0.15) is 37.1 Å². The van der Waals surface area contributed by atoms with Crippen LogP contribution in [-0.2, 0) is 22.6 Å². The van der Waals surface area contributed by atoms with E-state index in [9.17, 15) is 0 Å². The number of aromatic nitrogens is 3. The van der Waals surface area contributed by atoms with E-state index in [2.05, 4.69) is 27.2 Å². The zero-order valence-corrected chi connectivity index (χ0v) is 12.8. The normalized spacial score (nSPS) is 18.4. The van der Waals surface area contributed by atoms with Crippen molar-refractivity contribution < 1.29 is 9.47 Å². The van der Waals surface area contributed by atoms with Crippen molar-refractivity contribution in [3.63, 3.8) is 0 Å². The zero-order valence-electron chi connectivity index (χ0n) is 12.8. The summed E-state index contributed by atoms with van der Waals surface area (Å²) in [5.74, 6) is 0.944. The summed E-state index contributed by atoms with van der Waals surface area (Å²) >= 11 is 0. The molecule has 1 atom stereocenters. The smallest absolute Gasteiger partial charge is 0.0999 e. The van der Waals surface area contributed by atoms with Crippen LogP contribution >= 0.6 is 0 Å². The predicted octanol–water partition coefficient (Wildman–Crippen LogP) is 1.17. The number of ether oxygens (including phenoxy) is 2. The predicted molar refractivity (Wildman–Crippen MR) is 76.6 cm³/mol. The third kappa shape index (κ3) is 3.77. The van der Waals surface area contributed by atoms with Gasteiger partial charge >= 0.3 is 0 Å². The molecule has 20 heavy (non-hydrogen) atoms. The first kappa shape index (κ1) is 15.4. The number of rotatable bonds is 7. The van der Waals surface area contributed by atoms with Crippen LogP contribution < -0.4 is 5.32 Å². The van der Waals surface area contributed by atoms with E-state index in [4.69, 9.17) is 9.47 Å². The van der Waals surface area contributed by atoms with Crippen LogP contribution in [0.25, 0.3) is 0 Å². The van der Waals surface area contributed by atoms with Gasteiger partial charge in [0.1, 0.15) is 0 Å². The molecular weight excluding hydrogens is 256 g/mol. The molecule has 1 unspecified atom stereocenters. The summed E-state index contributed by atoms with van der Waals surface area (Å²) in [6, 6.07) is 0. The highest BCUT2D eigenvalue weighted by Gasteiger charge is 2.25. The van der Waals surface area contributed by atoms with Crippen LogP contribution in [0.2, 0.25) is 0 Å². The third-order valence-electron chi connectivity index (χ3n) is 3.74. The van der Waals surface area contributed by atoms with Gasteiger partial charge in [-0.1, -0.05) is 12.1 Å². The number of hydrogen-bond acceptors (Lipinski definition) is 5. The lowest BCUT2D eigenvalue weighted by molar-refractivity contribution is 0.0826. The molecular formula is C14H26N4O2. The van der Waals surface area contributed by atoms with Crippen molar-refractivity contribution in [1.82, 2.24) is 20.3 Å². The van der Waals surface area contributed by atoms with E-state index < -0.39 is 0 Å². The second kappa shape index (κ2) is 7.71. The van der Waals surface area contributed by atoms with Crippen molar-refractivity contribution >= 4 is 0 Å². The van der Waals surface area contributed by atoms with Crippen LogP contribution in [0.3, 0.4) is 0 Å². The molecule has 1 aromatic heterocycles. The van der Waals surface area contributed by atoms with Gasteiger partial charge in [-0.25, -0.2) is 4.68 Å². The molecule has 0 spiro atoms. The highest BCUT2D eigenvalue weighted by Crippen LogP contribution is 2.29. The Kier molecular flexibility index (Phi) is 5.94. The Labute approximate surface area is 120 Å². The Morgan fingerprint density at radius 2 is 2.20 bits per heavy atom. The third-order valence-corrected chi connectivity index (χ3v) is 3.74. The van der Waals surface area contributed by atoms with Gasteiger partial charge in [-0.05, 0) is 25.8 Å². The molecule has 114 valence electrons. The van der Waals surface area contributed by atoms with Crippen molar-refractivity contribution in [2.24, 2.45) is 5.92 Å². The van der Waals surface area contributed by atoms with Crippen molar-refractivity contribution in [2.75, 3.05) is 34.0 Å². The van der Waals surface area contributed by atoms with Crippen LogP contribution in [-0.4, -0.2) is 49.0 Å². The van der Waals surface area contributed by atoms with Crippen molar-refractivity contribution in [3.8, 4) is 0 Å². The maximum atomic E-state index is 5.47. The fraction of sp³-hybridized carbons (Fsp3) is 0.857. The first-order valence-corrected chi connectivity index (χ1v) is 7.39. The highest BCUT2D eigenvalue weighted by atomic mass is 16.5. The molecule has 6 heteroatoms. The van der Waals surface area contributed by atoms with Gasteiger partial charge in [0.05, 0.1) is 18.0 Å². The molecule has 0 amide bonds. The minimum absolute atomic E-state index is 0.433. The highest BCUT2D eigenvalue weighted by molar-refractivity contribution is 5.16. The molecule has 6 nitrogen and oxygen atoms in total. The Balaban J connectivity index is 2.17. The molecule has 1 saturated heterocycles. The van der Waals surface area contributed by atoms with Gasteiger partial charge in [0.25, 0.3) is 0 Å². The number of nitrogens with zero attached hydrogens (tertiary/aromatic N) is 3. The van der Waals surface area contributed by atoms with Gasteiger partial charge in [-0.15, -0.1) is 5.10 Å². The van der Waals surface area contributed by atoms with Gasteiger partial charge in [-0.3, -0.25) is 0 Å². The Hall–Kier alpha value is -0.980. The lowest BCUT2D eigenvalue weighted by atomic mass is 9.94. The lowest BCUT2D eigenvalue weighted by Crippen LogP contribution is -2.22. The molecule has 1 N–H and O–H groups in total. The molecule has 2 heterocycles. The standard InChI is InChI=1S/C14H26N4O2/c1-11(10-19-3)9-18-14(12-4-6-20-7-5-12)13(8-15-2)16-17-18/h11-12,15H,4-10H2,1-3H3. The zero-order chi connectivity index (χ0) is 14.4. The minimum atomic E-state index is 0.433. The van der Waals surface area contributed by atoms with E-state index in [-0.39, 0.29) is 0 Å². The maximum absolute atomic E-state index is 5.47. The van der Waals surface area contributed by atoms with Crippen LogP contribution in [0, 0.1) is 5.92 Å². The molecule has 1 aliphatic rings. The second-order valence-corrected chi connectivity index (χ2v) is 5.58. The molecule has 1 fully saturated rings. The summed E-state index contributed by atoms with van der Waals surface area (Å²) in [5, 5.41) is 11.9. The molecule has 0 aliphatic carbocycles. The van der Waals surface area contributed by atoms with E-state index in [0.29, 0.717) is 11.8 Å². The summed E-state index contributed by atoms with van der Waals surface area (Å²) in [7, 11) is 3.68. The maximum Gasteiger partial charge on any atom is 0.0999 e. The Bertz CT molecular complexity index is 402. The van der Waals surface area contributed by atoms with E-state index in [1.807, 2.05) is 7.05 Å². The summed E-state index contributed by atoms with van der Waals surface area (Å²) in [4.78, 5) is 0. The number of hydrogen-bond donors (Lipinski definition) is 1. The van der Waals surface area contributed by atoms with Crippen LogP contribution in [0.5, 0.6) is 0 Å². The largest absolute Gasteiger partial charge is 0.384 e. The van der Waals surface area contributed by atoms with Crippen molar-refractivity contribution in [3.05, 3.63) is 11.4 Å². The van der Waals surface area contributed by atoms with Crippen LogP contribution in [0.4, 0.5) is 0 Å². The summed E-state index contributed by atoms with van der Waals surface area (Å²) in [5.41, 5.74) is 2.36. The summed E-state index contributed by atoms with van der Waals surface area (Å²) < 4.78 is 12.8. The van der Waals surface area contributed by atoms with E-state index >= 15 is 0 Å². The Morgan fingerprint density at radius 3 is 2.85 bits per heavy atom. The average molecular weight is 282 g/mol.